The summed E-state index contributed by atoms with van der Waals surface area (Å²) in [5.41, 5.74) is 1.50. The zero-order chi connectivity index (χ0) is 14.7. The maximum Gasteiger partial charge on any atom is 0.253 e. The van der Waals surface area contributed by atoms with Crippen molar-refractivity contribution in [3.63, 3.8) is 0 Å². The molecule has 4 heteroatoms. The third-order valence-electron chi connectivity index (χ3n) is 4.96. The highest BCUT2D eigenvalue weighted by Crippen LogP contribution is 2.28. The topological polar surface area (TPSA) is 45.2 Å². The van der Waals surface area contributed by atoms with Gasteiger partial charge in [-0.25, -0.2) is 0 Å². The number of pyridine rings is 1. The van der Waals surface area contributed by atoms with Gasteiger partial charge in [-0.1, -0.05) is 12.8 Å². The number of likely N-dealkylation sites (tertiary alicyclic amines) is 1. The molecule has 2 fully saturated rings. The van der Waals surface area contributed by atoms with Gasteiger partial charge in [0, 0.05) is 31.0 Å². The first-order valence-electron chi connectivity index (χ1n) is 8.18. The Morgan fingerprint density at radius 3 is 2.95 bits per heavy atom. The molecule has 0 unspecified atom stereocenters. The van der Waals surface area contributed by atoms with Gasteiger partial charge < -0.3 is 10.2 Å². The van der Waals surface area contributed by atoms with Crippen LogP contribution in [0.2, 0.25) is 0 Å². The number of rotatable bonds is 4. The second-order valence-corrected chi connectivity index (χ2v) is 6.43. The number of nitrogens with zero attached hydrogens (tertiary/aromatic N) is 2. The van der Waals surface area contributed by atoms with Crippen molar-refractivity contribution in [2.45, 2.75) is 45.1 Å². The van der Waals surface area contributed by atoms with Crippen molar-refractivity contribution < 1.29 is 4.79 Å². The molecule has 21 heavy (non-hydrogen) atoms. The van der Waals surface area contributed by atoms with Crippen LogP contribution in [0.1, 0.15) is 48.2 Å². The summed E-state index contributed by atoms with van der Waals surface area (Å²) in [6, 6.07) is 4.47. The van der Waals surface area contributed by atoms with Crippen molar-refractivity contribution in [1.82, 2.24) is 15.2 Å². The molecule has 1 aromatic rings. The minimum Gasteiger partial charge on any atom is -0.352 e. The lowest BCUT2D eigenvalue weighted by Crippen LogP contribution is -2.34. The van der Waals surface area contributed by atoms with Crippen molar-refractivity contribution in [1.29, 1.82) is 0 Å². The molecule has 1 aliphatic carbocycles. The lowest BCUT2D eigenvalue weighted by Gasteiger charge is -2.23. The maximum absolute atomic E-state index is 12.2. The Morgan fingerprint density at radius 1 is 1.38 bits per heavy atom. The van der Waals surface area contributed by atoms with E-state index in [0.29, 0.717) is 11.5 Å². The van der Waals surface area contributed by atoms with Gasteiger partial charge in [0.05, 0.1) is 5.56 Å². The second-order valence-electron chi connectivity index (χ2n) is 6.43. The fraction of sp³-hybridized carbons (Fsp3) is 0.647. The molecular weight excluding hydrogens is 262 g/mol. The Labute approximate surface area is 126 Å². The van der Waals surface area contributed by atoms with E-state index >= 15 is 0 Å². The monoisotopic (exact) mass is 287 g/mol. The van der Waals surface area contributed by atoms with Crippen molar-refractivity contribution in [2.24, 2.45) is 5.92 Å². The first kappa shape index (κ1) is 14.5. The third-order valence-corrected chi connectivity index (χ3v) is 4.96. The zero-order valence-electron chi connectivity index (χ0n) is 12.8. The average Bonchev–Trinajstić information content (AvgIpc) is 3.16. The van der Waals surface area contributed by atoms with Gasteiger partial charge in [0.15, 0.2) is 0 Å². The normalized spacial score (nSPS) is 23.6. The summed E-state index contributed by atoms with van der Waals surface area (Å²) in [5.74, 6) is 0.617. The molecule has 0 aromatic carbocycles. The van der Waals surface area contributed by atoms with Crippen LogP contribution in [0.3, 0.4) is 0 Å². The average molecular weight is 287 g/mol. The molecule has 1 saturated carbocycles. The number of hydrogen-bond acceptors (Lipinski definition) is 3. The Kier molecular flexibility index (Phi) is 4.54. The van der Waals surface area contributed by atoms with Crippen LogP contribution in [0, 0.1) is 12.8 Å². The summed E-state index contributed by atoms with van der Waals surface area (Å²) < 4.78 is 0. The van der Waals surface area contributed by atoms with Crippen LogP contribution in [0.15, 0.2) is 18.3 Å². The molecular formula is C17H25N3O. The molecule has 0 radical (unpaired) electrons. The summed E-state index contributed by atoms with van der Waals surface area (Å²) in [6.45, 7) is 5.02. The third kappa shape index (κ3) is 3.43. The van der Waals surface area contributed by atoms with Crippen LogP contribution in [0.4, 0.5) is 0 Å². The van der Waals surface area contributed by atoms with Crippen LogP contribution < -0.4 is 5.32 Å². The maximum atomic E-state index is 12.2. The van der Waals surface area contributed by atoms with Gasteiger partial charge in [0.2, 0.25) is 0 Å². The predicted molar refractivity (Wildman–Crippen MR) is 83.2 cm³/mol. The highest BCUT2D eigenvalue weighted by Gasteiger charge is 2.29. The number of carbonyl (C=O) groups excluding carboxylic acids is 1. The Balaban J connectivity index is 1.47. The van der Waals surface area contributed by atoms with Crippen LogP contribution in [-0.2, 0) is 0 Å². The van der Waals surface area contributed by atoms with E-state index in [1.54, 1.807) is 6.20 Å². The number of aryl methyl sites for hydroxylation is 1. The molecule has 2 heterocycles. The molecule has 4 nitrogen and oxygen atoms in total. The SMILES string of the molecule is Cc1ncccc1C(=O)NC[C@H]1CCN(C2CCCC2)C1. The minimum atomic E-state index is 0.0138. The second kappa shape index (κ2) is 6.56. The lowest BCUT2D eigenvalue weighted by molar-refractivity contribution is 0.0946. The van der Waals surface area contributed by atoms with Gasteiger partial charge in [0.25, 0.3) is 5.91 Å². The van der Waals surface area contributed by atoms with E-state index in [1.807, 2.05) is 19.1 Å². The van der Waals surface area contributed by atoms with Crippen LogP contribution in [0.25, 0.3) is 0 Å². The summed E-state index contributed by atoms with van der Waals surface area (Å²) in [4.78, 5) is 19.0. The summed E-state index contributed by atoms with van der Waals surface area (Å²) >= 11 is 0. The number of hydrogen-bond donors (Lipinski definition) is 1. The van der Waals surface area contributed by atoms with Crippen molar-refractivity contribution in [3.8, 4) is 0 Å². The highest BCUT2D eigenvalue weighted by molar-refractivity contribution is 5.95. The summed E-state index contributed by atoms with van der Waals surface area (Å²) in [7, 11) is 0. The van der Waals surface area contributed by atoms with E-state index in [9.17, 15) is 4.79 Å². The number of amides is 1. The first-order valence-corrected chi connectivity index (χ1v) is 8.18. The number of aromatic nitrogens is 1. The smallest absolute Gasteiger partial charge is 0.253 e. The van der Waals surface area contributed by atoms with Crippen LogP contribution in [-0.4, -0.2) is 41.5 Å². The number of nitrogens with one attached hydrogen (secondary N) is 1. The van der Waals surface area contributed by atoms with Gasteiger partial charge in [0.1, 0.15) is 0 Å². The first-order chi connectivity index (χ1) is 10.2. The Morgan fingerprint density at radius 2 is 2.19 bits per heavy atom. The lowest BCUT2D eigenvalue weighted by atomic mass is 10.1. The molecule has 0 spiro atoms. The highest BCUT2D eigenvalue weighted by atomic mass is 16.1. The Hall–Kier alpha value is -1.42. The van der Waals surface area contributed by atoms with Crippen molar-refractivity contribution >= 4 is 5.91 Å². The molecule has 1 atom stereocenters. The van der Waals surface area contributed by atoms with Gasteiger partial charge in [-0.05, 0) is 50.8 Å². The molecule has 1 aromatic heterocycles. The van der Waals surface area contributed by atoms with E-state index in [4.69, 9.17) is 0 Å². The summed E-state index contributed by atoms with van der Waals surface area (Å²) in [5, 5.41) is 3.09. The van der Waals surface area contributed by atoms with Gasteiger partial charge in [-0.3, -0.25) is 9.78 Å². The van der Waals surface area contributed by atoms with Crippen molar-refractivity contribution in [2.75, 3.05) is 19.6 Å². The fourth-order valence-corrected chi connectivity index (χ4v) is 3.69. The van der Waals surface area contributed by atoms with E-state index in [1.165, 1.54) is 38.6 Å². The molecule has 3 rings (SSSR count). The quantitative estimate of drug-likeness (QED) is 0.925. The van der Waals surface area contributed by atoms with Gasteiger partial charge in [-0.2, -0.15) is 0 Å². The minimum absolute atomic E-state index is 0.0138. The van der Waals surface area contributed by atoms with Gasteiger partial charge >= 0.3 is 0 Å². The van der Waals surface area contributed by atoms with Crippen molar-refractivity contribution in [3.05, 3.63) is 29.6 Å². The van der Waals surface area contributed by atoms with E-state index in [0.717, 1.165) is 24.8 Å². The largest absolute Gasteiger partial charge is 0.352 e. The molecule has 0 bridgehead atoms. The molecule has 1 amide bonds. The van der Waals surface area contributed by atoms with Crippen LogP contribution >= 0.6 is 0 Å². The fourth-order valence-electron chi connectivity index (χ4n) is 3.69. The van der Waals surface area contributed by atoms with E-state index < -0.39 is 0 Å². The van der Waals surface area contributed by atoms with Crippen LogP contribution in [0.5, 0.6) is 0 Å². The van der Waals surface area contributed by atoms with E-state index in [-0.39, 0.29) is 5.91 Å². The van der Waals surface area contributed by atoms with E-state index in [2.05, 4.69) is 15.2 Å². The number of carbonyl (C=O) groups is 1. The predicted octanol–water partition coefficient (Wildman–Crippen LogP) is 2.38. The van der Waals surface area contributed by atoms with Gasteiger partial charge in [-0.15, -0.1) is 0 Å². The standard InChI is InChI=1S/C17H25N3O/c1-13-16(7-4-9-18-13)17(21)19-11-14-8-10-20(12-14)15-5-2-3-6-15/h4,7,9,14-15H,2-3,5-6,8,10-12H2,1H3,(H,19,21)/t14-/m1/s1. The summed E-state index contributed by atoms with van der Waals surface area (Å²) in [6.07, 6.45) is 8.46. The molecule has 1 saturated heterocycles. The molecule has 114 valence electrons. The zero-order valence-corrected chi connectivity index (χ0v) is 12.8. The molecule has 1 N–H and O–H groups in total. The molecule has 2 aliphatic rings. The molecule has 1 aliphatic heterocycles. The Bertz CT molecular complexity index is 497.